The van der Waals surface area contributed by atoms with Gasteiger partial charge in [-0.3, -0.25) is 5.43 Å². The number of ether oxygens (including phenoxy) is 1. The second-order valence-electron chi connectivity index (χ2n) is 4.40. The first-order valence-electron chi connectivity index (χ1n) is 6.92. The molecule has 6 nitrogen and oxygen atoms in total. The largest absolute Gasteiger partial charge is 0.457 e. The molecule has 0 unspecified atom stereocenters. The van der Waals surface area contributed by atoms with E-state index in [4.69, 9.17) is 10.00 Å². The van der Waals surface area contributed by atoms with Crippen molar-refractivity contribution in [3.8, 4) is 17.6 Å². The standard InChI is InChI=1S/C17H16N4O2/c1-22-19-12-11-15(13-18)21-20-14-7-9-17(10-8-14)23-16-5-3-2-4-6-16/h2-10,12,20H,11H2,1H3/b19-12-,21-15-. The van der Waals surface area contributed by atoms with Crippen molar-refractivity contribution in [3.05, 3.63) is 54.6 Å². The number of nitriles is 1. The number of benzene rings is 2. The molecule has 2 aromatic rings. The molecular weight excluding hydrogens is 292 g/mol. The van der Waals surface area contributed by atoms with Crippen LogP contribution in [0.1, 0.15) is 6.42 Å². The summed E-state index contributed by atoms with van der Waals surface area (Å²) < 4.78 is 5.70. The van der Waals surface area contributed by atoms with Crippen LogP contribution in [-0.2, 0) is 4.84 Å². The van der Waals surface area contributed by atoms with Gasteiger partial charge in [0.2, 0.25) is 0 Å². The number of nitrogens with one attached hydrogen (secondary N) is 1. The lowest BCUT2D eigenvalue weighted by molar-refractivity contribution is 0.215. The van der Waals surface area contributed by atoms with Crippen molar-refractivity contribution >= 4 is 17.6 Å². The average molecular weight is 308 g/mol. The second-order valence-corrected chi connectivity index (χ2v) is 4.40. The highest BCUT2D eigenvalue weighted by Crippen LogP contribution is 2.22. The summed E-state index contributed by atoms with van der Waals surface area (Å²) in [6.07, 6.45) is 1.77. The Morgan fingerprint density at radius 2 is 1.83 bits per heavy atom. The van der Waals surface area contributed by atoms with Crippen LogP contribution >= 0.6 is 0 Å². The van der Waals surface area contributed by atoms with E-state index in [0.717, 1.165) is 17.2 Å². The Morgan fingerprint density at radius 3 is 2.48 bits per heavy atom. The Morgan fingerprint density at radius 1 is 1.13 bits per heavy atom. The third kappa shape index (κ3) is 5.52. The summed E-state index contributed by atoms with van der Waals surface area (Å²) >= 11 is 0. The van der Waals surface area contributed by atoms with Crippen LogP contribution in [-0.4, -0.2) is 19.0 Å². The van der Waals surface area contributed by atoms with Gasteiger partial charge in [-0.15, -0.1) is 0 Å². The van der Waals surface area contributed by atoms with Gasteiger partial charge in [-0.25, -0.2) is 0 Å². The summed E-state index contributed by atoms with van der Waals surface area (Å²) in [6, 6.07) is 18.8. The predicted octanol–water partition coefficient (Wildman–Crippen LogP) is 3.79. The lowest BCUT2D eigenvalue weighted by atomic mass is 10.3. The first kappa shape index (κ1) is 16.0. The zero-order valence-electron chi connectivity index (χ0n) is 12.6. The van der Waals surface area contributed by atoms with E-state index < -0.39 is 0 Å². The first-order chi connectivity index (χ1) is 11.3. The topological polar surface area (TPSA) is 79.0 Å². The molecule has 2 aromatic carbocycles. The maximum Gasteiger partial charge on any atom is 0.143 e. The van der Waals surface area contributed by atoms with Crippen LogP contribution in [0.2, 0.25) is 0 Å². The molecule has 0 aromatic heterocycles. The molecule has 0 aliphatic heterocycles. The molecule has 0 aliphatic rings. The third-order valence-electron chi connectivity index (χ3n) is 2.75. The normalized spacial score (nSPS) is 11.0. The molecule has 1 N–H and O–H groups in total. The number of para-hydroxylation sites is 1. The maximum absolute atomic E-state index is 8.97. The molecule has 0 bridgehead atoms. The highest BCUT2D eigenvalue weighted by Gasteiger charge is 1.98. The summed E-state index contributed by atoms with van der Waals surface area (Å²) in [6.45, 7) is 0. The number of hydrazone groups is 1. The van der Waals surface area contributed by atoms with Gasteiger partial charge >= 0.3 is 0 Å². The van der Waals surface area contributed by atoms with E-state index in [2.05, 4.69) is 20.5 Å². The van der Waals surface area contributed by atoms with Gasteiger partial charge < -0.3 is 9.57 Å². The lowest BCUT2D eigenvalue weighted by Crippen LogP contribution is -2.00. The summed E-state index contributed by atoms with van der Waals surface area (Å²) in [5.41, 5.74) is 3.87. The van der Waals surface area contributed by atoms with Gasteiger partial charge in [0.25, 0.3) is 0 Å². The van der Waals surface area contributed by atoms with Crippen LogP contribution < -0.4 is 10.2 Å². The Bertz CT molecular complexity index is 704. The number of nitrogens with zero attached hydrogens (tertiary/aromatic N) is 3. The Balaban J connectivity index is 1.94. The van der Waals surface area contributed by atoms with E-state index in [1.165, 1.54) is 13.3 Å². The number of hydrogen-bond donors (Lipinski definition) is 1. The fraction of sp³-hybridized carbons (Fsp3) is 0.118. The smallest absolute Gasteiger partial charge is 0.143 e. The monoisotopic (exact) mass is 308 g/mol. The van der Waals surface area contributed by atoms with Crippen molar-refractivity contribution in [1.82, 2.24) is 0 Å². The number of oxime groups is 1. The maximum atomic E-state index is 8.97. The minimum absolute atomic E-state index is 0.298. The number of anilines is 1. The molecule has 0 saturated carbocycles. The highest BCUT2D eigenvalue weighted by atomic mass is 16.6. The summed E-state index contributed by atoms with van der Waals surface area (Å²) in [4.78, 5) is 4.53. The van der Waals surface area contributed by atoms with Gasteiger partial charge in [0.05, 0.1) is 11.9 Å². The summed E-state index contributed by atoms with van der Waals surface area (Å²) in [5, 5.41) is 16.5. The first-order valence-corrected chi connectivity index (χ1v) is 6.92. The predicted molar refractivity (Wildman–Crippen MR) is 89.7 cm³/mol. The average Bonchev–Trinajstić information content (AvgIpc) is 2.60. The Kier molecular flexibility index (Phi) is 6.17. The van der Waals surface area contributed by atoms with Crippen LogP contribution in [0, 0.1) is 11.3 Å². The molecule has 6 heteroatoms. The minimum atomic E-state index is 0.298. The van der Waals surface area contributed by atoms with Crippen LogP contribution in [0.15, 0.2) is 64.9 Å². The highest BCUT2D eigenvalue weighted by molar-refractivity contribution is 6.06. The molecule has 0 spiro atoms. The van der Waals surface area contributed by atoms with Crippen LogP contribution in [0.4, 0.5) is 5.69 Å². The zero-order chi connectivity index (χ0) is 16.3. The van der Waals surface area contributed by atoms with E-state index in [1.807, 2.05) is 60.7 Å². The fourth-order valence-corrected chi connectivity index (χ4v) is 1.67. The number of rotatable bonds is 7. The number of hydrogen-bond acceptors (Lipinski definition) is 6. The van der Waals surface area contributed by atoms with Crippen LogP contribution in [0.3, 0.4) is 0 Å². The quantitative estimate of drug-likeness (QED) is 0.623. The third-order valence-corrected chi connectivity index (χ3v) is 2.75. The van der Waals surface area contributed by atoms with E-state index in [-0.39, 0.29) is 0 Å². The van der Waals surface area contributed by atoms with Crippen LogP contribution in [0.5, 0.6) is 11.5 Å². The molecule has 116 valence electrons. The van der Waals surface area contributed by atoms with Crippen molar-refractivity contribution in [2.75, 3.05) is 12.5 Å². The van der Waals surface area contributed by atoms with Crippen LogP contribution in [0.25, 0.3) is 0 Å². The molecule has 0 amide bonds. The fourth-order valence-electron chi connectivity index (χ4n) is 1.67. The molecule has 23 heavy (non-hydrogen) atoms. The Labute approximate surface area is 134 Å². The molecule has 2 rings (SSSR count). The van der Waals surface area contributed by atoms with E-state index >= 15 is 0 Å². The second kappa shape index (κ2) is 8.85. The van der Waals surface area contributed by atoms with E-state index in [0.29, 0.717) is 12.1 Å². The Hall–Kier alpha value is -3.33. The van der Waals surface area contributed by atoms with Gasteiger partial charge in [-0.05, 0) is 36.4 Å². The van der Waals surface area contributed by atoms with Gasteiger partial charge in [0, 0.05) is 6.42 Å². The SMILES string of the molecule is CO/N=C\C/C(C#N)=N/Nc1ccc(Oc2ccccc2)cc1. The van der Waals surface area contributed by atoms with Crippen molar-refractivity contribution in [3.63, 3.8) is 0 Å². The van der Waals surface area contributed by atoms with Crippen molar-refractivity contribution in [2.24, 2.45) is 10.3 Å². The minimum Gasteiger partial charge on any atom is -0.457 e. The molecule has 0 saturated heterocycles. The van der Waals surface area contributed by atoms with Gasteiger partial charge in [0.15, 0.2) is 0 Å². The summed E-state index contributed by atoms with van der Waals surface area (Å²) in [7, 11) is 1.44. The van der Waals surface area contributed by atoms with Crippen molar-refractivity contribution in [1.29, 1.82) is 5.26 Å². The molecule has 0 radical (unpaired) electrons. The lowest BCUT2D eigenvalue weighted by Gasteiger charge is -2.06. The van der Waals surface area contributed by atoms with Crippen molar-refractivity contribution < 1.29 is 9.57 Å². The zero-order valence-corrected chi connectivity index (χ0v) is 12.6. The molecule has 0 fully saturated rings. The van der Waals surface area contributed by atoms with Gasteiger partial charge in [-0.2, -0.15) is 10.4 Å². The van der Waals surface area contributed by atoms with E-state index in [9.17, 15) is 0 Å². The summed E-state index contributed by atoms with van der Waals surface area (Å²) in [5.74, 6) is 1.49. The molecule has 0 atom stereocenters. The van der Waals surface area contributed by atoms with Crippen molar-refractivity contribution in [2.45, 2.75) is 6.42 Å². The van der Waals surface area contributed by atoms with E-state index in [1.54, 1.807) is 0 Å². The van der Waals surface area contributed by atoms with Gasteiger partial charge in [0.1, 0.15) is 30.4 Å². The molecule has 0 heterocycles. The van der Waals surface area contributed by atoms with Gasteiger partial charge in [-0.1, -0.05) is 23.4 Å². The molecule has 0 aliphatic carbocycles. The molecular formula is C17H16N4O2.